The largest absolute Gasteiger partial charge is 0.373 e. The van der Waals surface area contributed by atoms with Crippen LogP contribution in [-0.2, 0) is 0 Å². The van der Waals surface area contributed by atoms with E-state index in [-0.39, 0.29) is 22.8 Å². The summed E-state index contributed by atoms with van der Waals surface area (Å²) >= 11 is 0. The Morgan fingerprint density at radius 3 is 1.93 bits per heavy atom. The number of carbonyl (C=O) groups excluding carboxylic acids is 2. The van der Waals surface area contributed by atoms with Gasteiger partial charge < -0.3 is 9.80 Å². The lowest BCUT2D eigenvalue weighted by Crippen LogP contribution is -2.44. The third-order valence-electron chi connectivity index (χ3n) is 4.96. The van der Waals surface area contributed by atoms with Gasteiger partial charge >= 0.3 is 0 Å². The van der Waals surface area contributed by atoms with Gasteiger partial charge in [0.15, 0.2) is 11.6 Å². The lowest BCUT2D eigenvalue weighted by molar-refractivity contribution is -0.384. The maximum Gasteiger partial charge on any atom is 0.269 e. The van der Waals surface area contributed by atoms with Gasteiger partial charge in [-0.25, -0.2) is 0 Å². The molecule has 0 saturated carbocycles. The first-order valence-electron chi connectivity index (χ1n) is 8.68. The first-order valence-corrected chi connectivity index (χ1v) is 8.68. The van der Waals surface area contributed by atoms with Gasteiger partial charge in [0.2, 0.25) is 0 Å². The van der Waals surface area contributed by atoms with Crippen molar-refractivity contribution in [3.05, 3.63) is 81.5 Å². The zero-order valence-electron chi connectivity index (χ0n) is 14.5. The van der Waals surface area contributed by atoms with Crippen molar-refractivity contribution in [1.82, 2.24) is 4.90 Å². The van der Waals surface area contributed by atoms with E-state index in [0.717, 1.165) is 5.69 Å². The zero-order valence-corrected chi connectivity index (χ0v) is 14.5. The van der Waals surface area contributed by atoms with Gasteiger partial charge in [-0.2, -0.15) is 0 Å². The van der Waals surface area contributed by atoms with E-state index >= 15 is 0 Å². The molecule has 1 saturated heterocycles. The standard InChI is InChI=1S/C20H17N3O4/c24-19-16-3-1-2-4-17(16)20(25)18(19)13-21-9-11-22(12-10-21)14-5-7-15(8-6-14)23(26)27/h1-8,13H,9-12H2. The Morgan fingerprint density at radius 2 is 1.41 bits per heavy atom. The van der Waals surface area contributed by atoms with Crippen LogP contribution in [-0.4, -0.2) is 47.6 Å². The van der Waals surface area contributed by atoms with Gasteiger partial charge in [0.1, 0.15) is 0 Å². The summed E-state index contributed by atoms with van der Waals surface area (Å²) in [6.45, 7) is 2.74. The van der Waals surface area contributed by atoms with Crippen LogP contribution in [0.25, 0.3) is 0 Å². The van der Waals surface area contributed by atoms with Gasteiger partial charge in [0.05, 0.1) is 10.5 Å². The molecule has 1 aliphatic carbocycles. The lowest BCUT2D eigenvalue weighted by atomic mass is 10.1. The predicted molar refractivity (Wildman–Crippen MR) is 100 cm³/mol. The molecular formula is C20H17N3O4. The third-order valence-corrected chi connectivity index (χ3v) is 4.96. The van der Waals surface area contributed by atoms with Crippen molar-refractivity contribution in [2.75, 3.05) is 31.1 Å². The summed E-state index contributed by atoms with van der Waals surface area (Å²) in [6.07, 6.45) is 1.68. The Kier molecular flexibility index (Phi) is 4.19. The minimum absolute atomic E-state index is 0.0694. The minimum Gasteiger partial charge on any atom is -0.373 e. The van der Waals surface area contributed by atoms with Gasteiger partial charge in [-0.15, -0.1) is 0 Å². The maximum absolute atomic E-state index is 12.5. The SMILES string of the molecule is O=C1C(=CN2CCN(c3ccc([N+](=O)[O-])cc3)CC2)C(=O)c2ccccc21. The highest BCUT2D eigenvalue weighted by Gasteiger charge is 2.33. The molecule has 0 aromatic heterocycles. The van der Waals surface area contributed by atoms with Crippen LogP contribution in [0, 0.1) is 10.1 Å². The van der Waals surface area contributed by atoms with Crippen molar-refractivity contribution in [2.45, 2.75) is 0 Å². The Morgan fingerprint density at radius 1 is 0.852 bits per heavy atom. The first-order chi connectivity index (χ1) is 13.0. The van der Waals surface area contributed by atoms with Crippen LogP contribution in [0.3, 0.4) is 0 Å². The van der Waals surface area contributed by atoms with E-state index in [1.165, 1.54) is 12.1 Å². The van der Waals surface area contributed by atoms with E-state index in [2.05, 4.69) is 4.90 Å². The van der Waals surface area contributed by atoms with Crippen molar-refractivity contribution in [3.63, 3.8) is 0 Å². The fraction of sp³-hybridized carbons (Fsp3) is 0.200. The zero-order chi connectivity index (χ0) is 19.0. The first kappa shape index (κ1) is 17.0. The minimum atomic E-state index is -0.415. The number of hydrogen-bond acceptors (Lipinski definition) is 6. The molecule has 0 bridgehead atoms. The number of benzene rings is 2. The Balaban J connectivity index is 1.44. The molecule has 2 aromatic rings. The van der Waals surface area contributed by atoms with Crippen molar-refractivity contribution < 1.29 is 14.5 Å². The van der Waals surface area contributed by atoms with Crippen LogP contribution >= 0.6 is 0 Å². The van der Waals surface area contributed by atoms with Gasteiger partial charge in [-0.1, -0.05) is 24.3 Å². The number of allylic oxidation sites excluding steroid dienone is 1. The van der Waals surface area contributed by atoms with Crippen molar-refractivity contribution >= 4 is 22.9 Å². The molecule has 1 fully saturated rings. The summed E-state index contributed by atoms with van der Waals surface area (Å²) in [7, 11) is 0. The molecule has 1 heterocycles. The molecule has 0 atom stereocenters. The number of nitrogens with zero attached hydrogens (tertiary/aromatic N) is 3. The van der Waals surface area contributed by atoms with Gasteiger partial charge in [0, 0.05) is 61.3 Å². The van der Waals surface area contributed by atoms with Gasteiger partial charge in [-0.05, 0) is 12.1 Å². The van der Waals surface area contributed by atoms with Crippen LogP contribution in [0.4, 0.5) is 11.4 Å². The molecule has 0 amide bonds. The van der Waals surface area contributed by atoms with Crippen LogP contribution in [0.15, 0.2) is 60.3 Å². The molecule has 136 valence electrons. The number of nitro benzene ring substituents is 1. The molecule has 7 heteroatoms. The molecule has 27 heavy (non-hydrogen) atoms. The third kappa shape index (κ3) is 3.08. The van der Waals surface area contributed by atoms with Crippen LogP contribution in [0.2, 0.25) is 0 Å². The number of fused-ring (bicyclic) bond motifs is 1. The average Bonchev–Trinajstić information content (AvgIpc) is 2.94. The Labute approximate surface area is 155 Å². The predicted octanol–water partition coefficient (Wildman–Crippen LogP) is 2.68. The number of Topliss-reactive ketones (excluding diaryl/α,β-unsaturated/α-hetero) is 2. The normalized spacial score (nSPS) is 16.5. The molecule has 0 radical (unpaired) electrons. The van der Waals surface area contributed by atoms with E-state index in [1.54, 1.807) is 42.6 Å². The number of piperazine rings is 1. The highest BCUT2D eigenvalue weighted by atomic mass is 16.6. The van der Waals surface area contributed by atoms with Gasteiger partial charge in [0.25, 0.3) is 5.69 Å². The number of hydrogen-bond donors (Lipinski definition) is 0. The average molecular weight is 363 g/mol. The van der Waals surface area contributed by atoms with Crippen LogP contribution in [0.1, 0.15) is 20.7 Å². The van der Waals surface area contributed by atoms with Crippen LogP contribution < -0.4 is 4.90 Å². The maximum atomic E-state index is 12.5. The van der Waals surface area contributed by atoms with E-state index < -0.39 is 4.92 Å². The second kappa shape index (κ2) is 6.68. The second-order valence-electron chi connectivity index (χ2n) is 6.54. The second-order valence-corrected chi connectivity index (χ2v) is 6.54. The summed E-state index contributed by atoms with van der Waals surface area (Å²) in [5.41, 5.74) is 2.16. The molecule has 0 unspecified atom stereocenters. The smallest absolute Gasteiger partial charge is 0.269 e. The monoisotopic (exact) mass is 363 g/mol. The number of rotatable bonds is 3. The topological polar surface area (TPSA) is 83.8 Å². The van der Waals surface area contributed by atoms with Crippen LogP contribution in [0.5, 0.6) is 0 Å². The molecular weight excluding hydrogens is 346 g/mol. The highest BCUT2D eigenvalue weighted by molar-refractivity contribution is 6.39. The summed E-state index contributed by atoms with van der Waals surface area (Å²) in [5, 5.41) is 10.8. The number of anilines is 1. The summed E-state index contributed by atoms with van der Waals surface area (Å²) in [6, 6.07) is 13.4. The fourth-order valence-corrected chi connectivity index (χ4v) is 3.47. The quantitative estimate of drug-likeness (QED) is 0.361. The number of nitro groups is 1. The molecule has 2 aliphatic rings. The summed E-state index contributed by atoms with van der Waals surface area (Å²) in [4.78, 5) is 39.4. The highest BCUT2D eigenvalue weighted by Crippen LogP contribution is 2.27. The van der Waals surface area contributed by atoms with E-state index in [4.69, 9.17) is 0 Å². The van der Waals surface area contributed by atoms with Gasteiger partial charge in [-0.3, -0.25) is 19.7 Å². The molecule has 2 aromatic carbocycles. The summed E-state index contributed by atoms with van der Waals surface area (Å²) < 4.78 is 0. The van der Waals surface area contributed by atoms with E-state index in [0.29, 0.717) is 37.3 Å². The molecule has 1 aliphatic heterocycles. The fourth-order valence-electron chi connectivity index (χ4n) is 3.47. The Bertz CT molecular complexity index is 920. The lowest BCUT2D eigenvalue weighted by Gasteiger charge is -2.35. The van der Waals surface area contributed by atoms with Crippen molar-refractivity contribution in [3.8, 4) is 0 Å². The summed E-state index contributed by atoms with van der Waals surface area (Å²) in [5.74, 6) is -0.429. The molecule has 7 nitrogen and oxygen atoms in total. The van der Waals surface area contributed by atoms with Crippen molar-refractivity contribution in [2.24, 2.45) is 0 Å². The number of non-ortho nitro benzene ring substituents is 1. The van der Waals surface area contributed by atoms with E-state index in [9.17, 15) is 19.7 Å². The number of carbonyl (C=O) groups is 2. The van der Waals surface area contributed by atoms with E-state index in [1.807, 2.05) is 4.90 Å². The number of ketones is 2. The molecule has 0 N–H and O–H groups in total. The van der Waals surface area contributed by atoms with Crippen molar-refractivity contribution in [1.29, 1.82) is 0 Å². The molecule has 4 rings (SSSR count). The molecule has 0 spiro atoms. The Hall–Kier alpha value is -3.48.